The van der Waals surface area contributed by atoms with E-state index in [1.54, 1.807) is 6.33 Å². The van der Waals surface area contributed by atoms with Crippen molar-refractivity contribution in [3.05, 3.63) is 12.4 Å². The fourth-order valence-corrected chi connectivity index (χ4v) is 3.58. The molecule has 24 heavy (non-hydrogen) atoms. The average Bonchev–Trinajstić information content (AvgIpc) is 2.66. The van der Waals surface area contributed by atoms with Crippen molar-refractivity contribution in [3.63, 3.8) is 0 Å². The third kappa shape index (κ3) is 4.80. The van der Waals surface area contributed by atoms with Gasteiger partial charge in [-0.15, -0.1) is 0 Å². The lowest BCUT2D eigenvalue weighted by Gasteiger charge is -2.36. The van der Waals surface area contributed by atoms with Crippen molar-refractivity contribution in [3.8, 4) is 0 Å². The molecule has 0 bridgehead atoms. The Morgan fingerprint density at radius 3 is 2.92 bits per heavy atom. The minimum atomic E-state index is 0.632. The highest BCUT2D eigenvalue weighted by atomic mass is 16.5. The highest BCUT2D eigenvalue weighted by molar-refractivity contribution is 5.48. The molecule has 2 aliphatic heterocycles. The van der Waals surface area contributed by atoms with Crippen molar-refractivity contribution >= 4 is 11.6 Å². The van der Waals surface area contributed by atoms with Crippen LogP contribution in [-0.4, -0.2) is 66.8 Å². The Labute approximate surface area is 145 Å². The quantitative estimate of drug-likeness (QED) is 0.827. The van der Waals surface area contributed by atoms with Crippen molar-refractivity contribution in [2.24, 2.45) is 0 Å². The van der Waals surface area contributed by atoms with Crippen LogP contribution in [0.5, 0.6) is 0 Å². The van der Waals surface area contributed by atoms with Gasteiger partial charge in [-0.25, -0.2) is 9.97 Å². The van der Waals surface area contributed by atoms with E-state index in [-0.39, 0.29) is 0 Å². The molecular weight excluding hydrogens is 302 g/mol. The van der Waals surface area contributed by atoms with Crippen molar-refractivity contribution in [1.29, 1.82) is 0 Å². The van der Waals surface area contributed by atoms with Crippen LogP contribution in [0.4, 0.5) is 11.6 Å². The van der Waals surface area contributed by atoms with Gasteiger partial charge in [-0.2, -0.15) is 0 Å². The Bertz CT molecular complexity index is 492. The first-order valence-corrected chi connectivity index (χ1v) is 9.49. The molecule has 0 radical (unpaired) electrons. The van der Waals surface area contributed by atoms with Gasteiger partial charge < -0.3 is 15.0 Å². The van der Waals surface area contributed by atoms with Gasteiger partial charge in [0.25, 0.3) is 0 Å². The maximum Gasteiger partial charge on any atom is 0.134 e. The molecule has 1 aromatic rings. The second-order valence-electron chi connectivity index (χ2n) is 6.78. The molecule has 1 atom stereocenters. The SMILES string of the molecule is CCCCN1CCCCC1CNc1cc(N2CCOCC2)ncn1. The summed E-state index contributed by atoms with van der Waals surface area (Å²) in [6.07, 6.45) is 8.21. The number of hydrogen-bond acceptors (Lipinski definition) is 6. The normalized spacial score (nSPS) is 22.5. The Balaban J connectivity index is 1.55. The summed E-state index contributed by atoms with van der Waals surface area (Å²) in [6, 6.07) is 2.71. The van der Waals surface area contributed by atoms with E-state index in [0.717, 1.165) is 44.5 Å². The van der Waals surface area contributed by atoms with Gasteiger partial charge in [0.15, 0.2) is 0 Å². The van der Waals surface area contributed by atoms with E-state index < -0.39 is 0 Å². The second-order valence-corrected chi connectivity index (χ2v) is 6.78. The third-order valence-electron chi connectivity index (χ3n) is 5.05. The summed E-state index contributed by atoms with van der Waals surface area (Å²) in [7, 11) is 0. The molecule has 6 heteroatoms. The number of likely N-dealkylation sites (tertiary alicyclic amines) is 1. The van der Waals surface area contributed by atoms with Gasteiger partial charge in [0.05, 0.1) is 13.2 Å². The van der Waals surface area contributed by atoms with Crippen LogP contribution in [0.1, 0.15) is 39.0 Å². The van der Waals surface area contributed by atoms with Gasteiger partial charge in [-0.1, -0.05) is 19.8 Å². The van der Waals surface area contributed by atoms with Gasteiger partial charge >= 0.3 is 0 Å². The first kappa shape index (κ1) is 17.4. The molecular formula is C18H31N5O. The summed E-state index contributed by atoms with van der Waals surface area (Å²) >= 11 is 0. The van der Waals surface area contributed by atoms with Crippen LogP contribution in [0.25, 0.3) is 0 Å². The number of aromatic nitrogens is 2. The average molecular weight is 333 g/mol. The number of nitrogens with zero attached hydrogens (tertiary/aromatic N) is 4. The van der Waals surface area contributed by atoms with Crippen molar-refractivity contribution < 1.29 is 4.74 Å². The summed E-state index contributed by atoms with van der Waals surface area (Å²) < 4.78 is 5.42. The van der Waals surface area contributed by atoms with Crippen LogP contribution < -0.4 is 10.2 Å². The molecule has 134 valence electrons. The highest BCUT2D eigenvalue weighted by Crippen LogP contribution is 2.19. The lowest BCUT2D eigenvalue weighted by molar-refractivity contribution is 0.122. The Morgan fingerprint density at radius 2 is 2.08 bits per heavy atom. The van der Waals surface area contributed by atoms with Gasteiger partial charge in [0.1, 0.15) is 18.0 Å². The molecule has 1 N–H and O–H groups in total. The second kappa shape index (κ2) is 9.18. The Kier molecular flexibility index (Phi) is 6.66. The lowest BCUT2D eigenvalue weighted by atomic mass is 10.0. The Morgan fingerprint density at radius 1 is 1.21 bits per heavy atom. The number of hydrogen-bond donors (Lipinski definition) is 1. The fraction of sp³-hybridized carbons (Fsp3) is 0.778. The number of morpholine rings is 1. The van der Waals surface area contributed by atoms with Crippen LogP contribution in [0, 0.1) is 0 Å². The summed E-state index contributed by atoms with van der Waals surface area (Å²) in [4.78, 5) is 13.8. The number of ether oxygens (including phenoxy) is 1. The molecule has 0 amide bonds. The molecule has 2 aliphatic rings. The zero-order valence-electron chi connectivity index (χ0n) is 14.9. The van der Waals surface area contributed by atoms with Crippen LogP contribution in [0.15, 0.2) is 12.4 Å². The predicted molar refractivity (Wildman–Crippen MR) is 97.7 cm³/mol. The first-order chi connectivity index (χ1) is 11.9. The predicted octanol–water partition coefficient (Wildman–Crippen LogP) is 2.38. The standard InChI is InChI=1S/C18H31N5O/c1-2-3-7-22-8-5-4-6-16(22)14-19-17-13-18(21-15-20-17)23-9-11-24-12-10-23/h13,15-16H,2-12,14H2,1H3,(H,19,20,21). The van der Waals surface area contributed by atoms with Gasteiger partial charge in [-0.05, 0) is 32.4 Å². The number of rotatable bonds is 7. The molecule has 0 spiro atoms. The van der Waals surface area contributed by atoms with Crippen LogP contribution in [0.2, 0.25) is 0 Å². The smallest absolute Gasteiger partial charge is 0.134 e. The van der Waals surface area contributed by atoms with Crippen LogP contribution in [0.3, 0.4) is 0 Å². The highest BCUT2D eigenvalue weighted by Gasteiger charge is 2.21. The minimum absolute atomic E-state index is 0.632. The van der Waals surface area contributed by atoms with Crippen molar-refractivity contribution in [2.75, 3.05) is 56.2 Å². The van der Waals surface area contributed by atoms with Gasteiger partial charge in [0, 0.05) is 31.7 Å². The van der Waals surface area contributed by atoms with Gasteiger partial charge in [0.2, 0.25) is 0 Å². The maximum atomic E-state index is 5.42. The van der Waals surface area contributed by atoms with Crippen molar-refractivity contribution in [2.45, 2.75) is 45.1 Å². The summed E-state index contributed by atoms with van der Waals surface area (Å²) in [6.45, 7) is 9.09. The van der Waals surface area contributed by atoms with E-state index in [1.807, 2.05) is 0 Å². The van der Waals surface area contributed by atoms with Crippen LogP contribution in [-0.2, 0) is 4.74 Å². The monoisotopic (exact) mass is 333 g/mol. The number of unbranched alkanes of at least 4 members (excludes halogenated alkanes) is 1. The lowest BCUT2D eigenvalue weighted by Crippen LogP contribution is -2.44. The number of anilines is 2. The van der Waals surface area contributed by atoms with E-state index in [2.05, 4.69) is 38.1 Å². The third-order valence-corrected chi connectivity index (χ3v) is 5.05. The molecule has 0 saturated carbocycles. The molecule has 3 heterocycles. The van der Waals surface area contributed by atoms with Crippen molar-refractivity contribution in [1.82, 2.24) is 14.9 Å². The minimum Gasteiger partial charge on any atom is -0.378 e. The number of piperidine rings is 1. The van der Waals surface area contributed by atoms with Crippen LogP contribution >= 0.6 is 0 Å². The summed E-state index contributed by atoms with van der Waals surface area (Å²) in [5.41, 5.74) is 0. The number of nitrogens with one attached hydrogen (secondary N) is 1. The molecule has 3 rings (SSSR count). The largest absolute Gasteiger partial charge is 0.378 e. The zero-order chi connectivity index (χ0) is 16.6. The molecule has 0 aliphatic carbocycles. The summed E-state index contributed by atoms with van der Waals surface area (Å²) in [5.74, 6) is 1.94. The summed E-state index contributed by atoms with van der Waals surface area (Å²) in [5, 5.41) is 3.55. The van der Waals surface area contributed by atoms with E-state index in [0.29, 0.717) is 6.04 Å². The fourth-order valence-electron chi connectivity index (χ4n) is 3.58. The zero-order valence-corrected chi connectivity index (χ0v) is 14.9. The van der Waals surface area contributed by atoms with Gasteiger partial charge in [-0.3, -0.25) is 4.90 Å². The van der Waals surface area contributed by atoms with E-state index in [4.69, 9.17) is 4.74 Å². The molecule has 1 aromatic heterocycles. The van der Waals surface area contributed by atoms with E-state index in [9.17, 15) is 0 Å². The molecule has 6 nitrogen and oxygen atoms in total. The first-order valence-electron chi connectivity index (χ1n) is 9.49. The maximum absolute atomic E-state index is 5.42. The molecule has 1 unspecified atom stereocenters. The van der Waals surface area contributed by atoms with E-state index >= 15 is 0 Å². The Hall–Kier alpha value is -1.40. The topological polar surface area (TPSA) is 53.5 Å². The molecule has 2 fully saturated rings. The van der Waals surface area contributed by atoms with E-state index in [1.165, 1.54) is 45.2 Å². The molecule has 0 aromatic carbocycles. The molecule has 2 saturated heterocycles.